The number of hydrogen-bond acceptors (Lipinski definition) is 4. The van der Waals surface area contributed by atoms with Crippen molar-refractivity contribution in [1.29, 1.82) is 0 Å². The highest BCUT2D eigenvalue weighted by Gasteiger charge is 2.30. The first-order chi connectivity index (χ1) is 20.3. The number of fused-ring (bicyclic) bond motifs is 2. The Balaban J connectivity index is 1.32. The number of hydrogen-bond donors (Lipinski definition) is 0. The Bertz CT molecular complexity index is 1620. The Labute approximate surface area is 247 Å². The number of rotatable bonds is 5. The number of piperazine rings is 1. The Hall–Kier alpha value is -4.30. The van der Waals surface area contributed by atoms with Crippen LogP contribution >= 0.6 is 0 Å². The van der Waals surface area contributed by atoms with Gasteiger partial charge in [-0.15, -0.1) is 0 Å². The van der Waals surface area contributed by atoms with Crippen LogP contribution in [0.5, 0.6) is 5.75 Å². The van der Waals surface area contributed by atoms with Gasteiger partial charge in [0.1, 0.15) is 11.4 Å². The Morgan fingerprint density at radius 2 is 1.50 bits per heavy atom. The van der Waals surface area contributed by atoms with Crippen molar-refractivity contribution in [1.82, 2.24) is 18.9 Å². The first-order valence-electron chi connectivity index (χ1n) is 14.7. The maximum absolute atomic E-state index is 14.2. The van der Waals surface area contributed by atoms with Crippen LogP contribution in [-0.2, 0) is 13.1 Å². The smallest absolute Gasteiger partial charge is 0.270 e. The minimum atomic E-state index is -0.111. The largest absolute Gasteiger partial charge is 0.495 e. The van der Waals surface area contributed by atoms with Crippen molar-refractivity contribution in [3.63, 3.8) is 0 Å². The molecule has 2 amide bonds. The SMILES string of the molecule is COc1cc(C(=O)N2Cc3ccc(C(=O)N4CCN(C(C)C)CC4)n3Cc3ccccc32)ccc1-n1c(C)ccc1C. The normalized spacial score (nSPS) is 15.4. The van der Waals surface area contributed by atoms with Crippen molar-refractivity contribution in [2.75, 3.05) is 38.2 Å². The van der Waals surface area contributed by atoms with Gasteiger partial charge in [-0.3, -0.25) is 14.5 Å². The second-order valence-electron chi connectivity index (χ2n) is 11.6. The molecule has 218 valence electrons. The summed E-state index contributed by atoms with van der Waals surface area (Å²) < 4.78 is 9.99. The minimum Gasteiger partial charge on any atom is -0.495 e. The molecule has 0 spiro atoms. The van der Waals surface area contributed by atoms with Crippen LogP contribution in [0.4, 0.5) is 5.69 Å². The van der Waals surface area contributed by atoms with Crippen molar-refractivity contribution in [2.24, 2.45) is 0 Å². The zero-order valence-electron chi connectivity index (χ0n) is 25.1. The molecule has 1 fully saturated rings. The molecule has 1 saturated heterocycles. The average Bonchev–Trinajstić information content (AvgIpc) is 3.51. The van der Waals surface area contributed by atoms with E-state index in [1.54, 1.807) is 7.11 Å². The third-order valence-electron chi connectivity index (χ3n) is 8.74. The van der Waals surface area contributed by atoms with E-state index in [4.69, 9.17) is 4.74 Å². The number of amides is 2. The molecule has 0 unspecified atom stereocenters. The van der Waals surface area contributed by atoms with Crippen molar-refractivity contribution in [2.45, 2.75) is 46.8 Å². The lowest BCUT2D eigenvalue weighted by Gasteiger charge is -2.37. The zero-order chi connectivity index (χ0) is 29.5. The van der Waals surface area contributed by atoms with Gasteiger partial charge in [0.05, 0.1) is 25.9 Å². The van der Waals surface area contributed by atoms with E-state index in [2.05, 4.69) is 53.9 Å². The summed E-state index contributed by atoms with van der Waals surface area (Å²) in [4.78, 5) is 34.1. The summed E-state index contributed by atoms with van der Waals surface area (Å²) in [6, 6.07) is 22.2. The summed E-state index contributed by atoms with van der Waals surface area (Å²) in [5.74, 6) is 0.582. The van der Waals surface area contributed by atoms with Crippen LogP contribution in [0.1, 0.15) is 57.3 Å². The molecule has 8 heteroatoms. The van der Waals surface area contributed by atoms with E-state index in [-0.39, 0.29) is 11.8 Å². The molecule has 0 saturated carbocycles. The van der Waals surface area contributed by atoms with Crippen LogP contribution in [-0.4, -0.2) is 70.1 Å². The molecule has 2 aromatic carbocycles. The van der Waals surface area contributed by atoms with E-state index < -0.39 is 0 Å². The van der Waals surface area contributed by atoms with E-state index in [0.29, 0.717) is 36.1 Å². The Morgan fingerprint density at radius 3 is 2.19 bits per heavy atom. The molecular formula is C34H39N5O3. The number of aromatic nitrogens is 2. The predicted octanol–water partition coefficient (Wildman–Crippen LogP) is 5.28. The van der Waals surface area contributed by atoms with Crippen LogP contribution in [0.2, 0.25) is 0 Å². The Morgan fingerprint density at radius 1 is 0.786 bits per heavy atom. The van der Waals surface area contributed by atoms with Crippen molar-refractivity contribution in [3.8, 4) is 11.4 Å². The summed E-state index contributed by atoms with van der Waals surface area (Å²) in [6.07, 6.45) is 0. The highest BCUT2D eigenvalue weighted by atomic mass is 16.5. The van der Waals surface area contributed by atoms with Crippen molar-refractivity contribution in [3.05, 3.63) is 101 Å². The van der Waals surface area contributed by atoms with Gasteiger partial charge in [-0.1, -0.05) is 18.2 Å². The number of carbonyl (C=O) groups excluding carboxylic acids is 2. The third-order valence-corrected chi connectivity index (χ3v) is 8.74. The van der Waals surface area contributed by atoms with E-state index in [1.807, 2.05) is 64.4 Å². The molecule has 2 aromatic heterocycles. The Kier molecular flexibility index (Phi) is 7.41. The van der Waals surface area contributed by atoms with Crippen LogP contribution in [0, 0.1) is 13.8 Å². The quantitative estimate of drug-likeness (QED) is 0.330. The van der Waals surface area contributed by atoms with Gasteiger partial charge in [-0.25, -0.2) is 0 Å². The molecule has 6 rings (SSSR count). The maximum atomic E-state index is 14.2. The number of nitrogens with zero attached hydrogens (tertiary/aromatic N) is 5. The molecule has 0 aliphatic carbocycles. The van der Waals surface area contributed by atoms with Crippen molar-refractivity contribution >= 4 is 17.5 Å². The number of methoxy groups -OCH3 is 1. The maximum Gasteiger partial charge on any atom is 0.270 e. The summed E-state index contributed by atoms with van der Waals surface area (Å²) in [5.41, 5.74) is 7.11. The van der Waals surface area contributed by atoms with E-state index >= 15 is 0 Å². The van der Waals surface area contributed by atoms with Gasteiger partial charge in [-0.05, 0) is 81.8 Å². The number of para-hydroxylation sites is 1. The van der Waals surface area contributed by atoms with Crippen LogP contribution in [0.15, 0.2) is 66.7 Å². The third kappa shape index (κ3) is 4.90. The number of carbonyl (C=O) groups is 2. The predicted molar refractivity (Wildman–Crippen MR) is 165 cm³/mol. The van der Waals surface area contributed by atoms with Gasteiger partial charge >= 0.3 is 0 Å². The number of anilines is 1. The van der Waals surface area contributed by atoms with E-state index in [1.165, 1.54) is 0 Å². The molecular weight excluding hydrogens is 526 g/mol. The van der Waals surface area contributed by atoms with Crippen molar-refractivity contribution < 1.29 is 14.3 Å². The highest BCUT2D eigenvalue weighted by molar-refractivity contribution is 6.07. The van der Waals surface area contributed by atoms with Crippen LogP contribution < -0.4 is 9.64 Å². The van der Waals surface area contributed by atoms with Gasteiger partial charge in [-0.2, -0.15) is 0 Å². The standard InChI is InChI=1S/C34H39N5O3/c1-23(2)35-16-18-36(19-17-35)34(41)31-15-13-28-22-38(29-9-7-6-8-27(29)21-37(28)31)33(40)26-12-14-30(32(20-26)42-5)39-24(3)10-11-25(39)4/h6-15,20,23H,16-19,21-22H2,1-5H3. The number of aryl methyl sites for hydroxylation is 2. The van der Waals surface area contributed by atoms with Gasteiger partial charge in [0.15, 0.2) is 0 Å². The second-order valence-corrected chi connectivity index (χ2v) is 11.6. The fourth-order valence-corrected chi connectivity index (χ4v) is 6.33. The molecule has 2 aliphatic heterocycles. The summed E-state index contributed by atoms with van der Waals surface area (Å²) in [6.45, 7) is 12.6. The monoisotopic (exact) mass is 565 g/mol. The topological polar surface area (TPSA) is 63.0 Å². The van der Waals surface area contributed by atoms with E-state index in [0.717, 1.165) is 60.2 Å². The fraction of sp³-hybridized carbons (Fsp3) is 0.353. The molecule has 2 aliphatic rings. The highest BCUT2D eigenvalue weighted by Crippen LogP contribution is 2.33. The summed E-state index contributed by atoms with van der Waals surface area (Å²) in [7, 11) is 1.64. The van der Waals surface area contributed by atoms with Gasteiger partial charge in [0.25, 0.3) is 11.8 Å². The number of benzene rings is 2. The molecule has 0 radical (unpaired) electrons. The molecule has 8 nitrogen and oxygen atoms in total. The zero-order valence-corrected chi connectivity index (χ0v) is 25.1. The van der Waals surface area contributed by atoms with E-state index in [9.17, 15) is 9.59 Å². The number of ether oxygens (including phenoxy) is 1. The molecule has 42 heavy (non-hydrogen) atoms. The molecule has 0 atom stereocenters. The summed E-state index contributed by atoms with van der Waals surface area (Å²) in [5, 5.41) is 0. The van der Waals surface area contributed by atoms with Gasteiger partial charge in [0, 0.05) is 60.6 Å². The first kappa shape index (κ1) is 27.8. The minimum absolute atomic E-state index is 0.0536. The molecule has 0 bridgehead atoms. The lowest BCUT2D eigenvalue weighted by molar-refractivity contribution is 0.0585. The van der Waals surface area contributed by atoms with Crippen LogP contribution in [0.3, 0.4) is 0 Å². The summed E-state index contributed by atoms with van der Waals surface area (Å²) >= 11 is 0. The fourth-order valence-electron chi connectivity index (χ4n) is 6.33. The first-order valence-corrected chi connectivity index (χ1v) is 14.7. The lowest BCUT2D eigenvalue weighted by atomic mass is 10.1. The molecule has 4 aromatic rings. The second kappa shape index (κ2) is 11.2. The van der Waals surface area contributed by atoms with Gasteiger partial charge in [0.2, 0.25) is 0 Å². The average molecular weight is 566 g/mol. The van der Waals surface area contributed by atoms with Gasteiger partial charge < -0.3 is 23.7 Å². The molecule has 4 heterocycles. The lowest BCUT2D eigenvalue weighted by Crippen LogP contribution is -2.51. The van der Waals surface area contributed by atoms with Crippen LogP contribution in [0.25, 0.3) is 5.69 Å². The molecule has 0 N–H and O–H groups in total.